The topological polar surface area (TPSA) is 42.0 Å². The highest BCUT2D eigenvalue weighted by Gasteiger charge is 2.21. The Morgan fingerprint density at radius 3 is 2.43 bits per heavy atom. The summed E-state index contributed by atoms with van der Waals surface area (Å²) in [4.78, 5) is 17.1. The Bertz CT molecular complexity index is 1030. The highest BCUT2D eigenvalue weighted by Crippen LogP contribution is 2.25. The van der Waals surface area contributed by atoms with Gasteiger partial charge in [0.05, 0.1) is 6.61 Å². The van der Waals surface area contributed by atoms with Gasteiger partial charge in [0.2, 0.25) is 0 Å². The molecule has 0 N–H and O–H groups in total. The zero-order valence-corrected chi connectivity index (χ0v) is 17.6. The maximum atomic E-state index is 13.0. The molecule has 0 radical (unpaired) electrons. The van der Waals surface area contributed by atoms with E-state index in [9.17, 15) is 4.79 Å². The first-order valence-corrected chi connectivity index (χ1v) is 10.5. The molecule has 1 heterocycles. The van der Waals surface area contributed by atoms with Gasteiger partial charge in [-0.25, -0.2) is 0 Å². The quantitative estimate of drug-likeness (QED) is 0.617. The molecule has 0 saturated carbocycles. The summed E-state index contributed by atoms with van der Waals surface area (Å²) in [6.07, 6.45) is 0. The summed E-state index contributed by atoms with van der Waals surface area (Å²) in [6.45, 7) is 6.18. The van der Waals surface area contributed by atoms with Crippen molar-refractivity contribution in [2.75, 3.05) is 39.8 Å². The van der Waals surface area contributed by atoms with Gasteiger partial charge in [0.15, 0.2) is 0 Å². The van der Waals surface area contributed by atoms with Crippen LogP contribution in [-0.2, 0) is 6.61 Å². The van der Waals surface area contributed by atoms with E-state index in [2.05, 4.69) is 30.1 Å². The monoisotopic (exact) mass is 404 g/mol. The molecule has 0 aromatic heterocycles. The van der Waals surface area contributed by atoms with E-state index in [1.807, 2.05) is 54.3 Å². The summed E-state index contributed by atoms with van der Waals surface area (Å²) in [5, 5.41) is 2.32. The molecule has 1 aliphatic heterocycles. The summed E-state index contributed by atoms with van der Waals surface area (Å²) in [7, 11) is 2.08. The number of carbonyl (C=O) groups excluding carboxylic acids is 1. The van der Waals surface area contributed by atoms with Crippen LogP contribution < -0.4 is 9.47 Å². The summed E-state index contributed by atoms with van der Waals surface area (Å²) in [6, 6.07) is 19.9. The van der Waals surface area contributed by atoms with Crippen LogP contribution in [0.15, 0.2) is 60.7 Å². The van der Waals surface area contributed by atoms with E-state index in [4.69, 9.17) is 9.47 Å². The Labute approximate surface area is 177 Å². The third-order valence-electron chi connectivity index (χ3n) is 5.51. The molecular weight excluding hydrogens is 376 g/mol. The van der Waals surface area contributed by atoms with Gasteiger partial charge in [0, 0.05) is 37.3 Å². The van der Waals surface area contributed by atoms with Gasteiger partial charge in [-0.15, -0.1) is 0 Å². The maximum Gasteiger partial charge on any atom is 0.253 e. The molecule has 1 aliphatic rings. The van der Waals surface area contributed by atoms with E-state index in [-0.39, 0.29) is 5.91 Å². The van der Waals surface area contributed by atoms with Crippen molar-refractivity contribution in [3.63, 3.8) is 0 Å². The Balaban J connectivity index is 1.52. The van der Waals surface area contributed by atoms with Crippen LogP contribution in [0.25, 0.3) is 10.8 Å². The molecule has 0 unspecified atom stereocenters. The van der Waals surface area contributed by atoms with Gasteiger partial charge in [-0.1, -0.05) is 30.3 Å². The number of ether oxygens (including phenoxy) is 2. The number of hydrogen-bond donors (Lipinski definition) is 0. The molecular formula is C25H28N2O3. The second kappa shape index (κ2) is 9.18. The number of fused-ring (bicyclic) bond motifs is 1. The van der Waals surface area contributed by atoms with E-state index in [0.29, 0.717) is 18.8 Å². The Morgan fingerprint density at radius 2 is 1.67 bits per heavy atom. The van der Waals surface area contributed by atoms with Crippen LogP contribution in [0.5, 0.6) is 11.5 Å². The van der Waals surface area contributed by atoms with Gasteiger partial charge in [0.1, 0.15) is 18.1 Å². The van der Waals surface area contributed by atoms with Crippen molar-refractivity contribution < 1.29 is 14.3 Å². The molecule has 1 saturated heterocycles. The molecule has 4 rings (SSSR count). The SMILES string of the molecule is CCOc1ccc(C(=O)N2CCN(C)CC2)cc1COc1ccc2ccccc2c1. The lowest BCUT2D eigenvalue weighted by Crippen LogP contribution is -2.47. The van der Waals surface area contributed by atoms with Crippen LogP contribution in [0.3, 0.4) is 0 Å². The van der Waals surface area contributed by atoms with Crippen molar-refractivity contribution in [2.24, 2.45) is 0 Å². The highest BCUT2D eigenvalue weighted by molar-refractivity contribution is 5.94. The van der Waals surface area contributed by atoms with Crippen molar-refractivity contribution >= 4 is 16.7 Å². The molecule has 1 amide bonds. The zero-order chi connectivity index (χ0) is 20.9. The summed E-state index contributed by atoms with van der Waals surface area (Å²) >= 11 is 0. The molecule has 5 nitrogen and oxygen atoms in total. The summed E-state index contributed by atoms with van der Waals surface area (Å²) in [5.41, 5.74) is 1.56. The predicted octanol–water partition coefficient (Wildman–Crippen LogP) is 4.21. The standard InChI is InChI=1S/C25H28N2O3/c1-3-29-24-11-9-21(25(28)27-14-12-26(2)13-15-27)16-22(24)18-30-23-10-8-19-6-4-5-7-20(19)17-23/h4-11,16-17H,3,12-15,18H2,1-2H3. The number of amides is 1. The smallest absolute Gasteiger partial charge is 0.253 e. The van der Waals surface area contributed by atoms with Crippen LogP contribution in [0.2, 0.25) is 0 Å². The molecule has 3 aromatic carbocycles. The minimum absolute atomic E-state index is 0.0677. The number of carbonyl (C=O) groups is 1. The fourth-order valence-corrected chi connectivity index (χ4v) is 3.73. The maximum absolute atomic E-state index is 13.0. The molecule has 3 aromatic rings. The molecule has 0 spiro atoms. The minimum Gasteiger partial charge on any atom is -0.493 e. The minimum atomic E-state index is 0.0677. The number of benzene rings is 3. The van der Waals surface area contributed by atoms with Crippen molar-refractivity contribution in [3.8, 4) is 11.5 Å². The second-order valence-electron chi connectivity index (χ2n) is 7.65. The number of nitrogens with zero attached hydrogens (tertiary/aromatic N) is 2. The van der Waals surface area contributed by atoms with Crippen molar-refractivity contribution in [3.05, 3.63) is 71.8 Å². The van der Waals surface area contributed by atoms with Crippen LogP contribution >= 0.6 is 0 Å². The largest absolute Gasteiger partial charge is 0.493 e. The third-order valence-corrected chi connectivity index (χ3v) is 5.51. The fraction of sp³-hybridized carbons (Fsp3) is 0.320. The lowest BCUT2D eigenvalue weighted by Gasteiger charge is -2.32. The van der Waals surface area contributed by atoms with E-state index < -0.39 is 0 Å². The van der Waals surface area contributed by atoms with Crippen molar-refractivity contribution in [1.29, 1.82) is 0 Å². The predicted molar refractivity (Wildman–Crippen MR) is 119 cm³/mol. The first-order chi connectivity index (χ1) is 14.6. The first-order valence-electron chi connectivity index (χ1n) is 10.5. The molecule has 156 valence electrons. The average molecular weight is 405 g/mol. The molecule has 5 heteroatoms. The second-order valence-corrected chi connectivity index (χ2v) is 7.65. The van der Waals surface area contributed by atoms with Crippen molar-refractivity contribution in [1.82, 2.24) is 9.80 Å². The molecule has 0 atom stereocenters. The Morgan fingerprint density at radius 1 is 0.900 bits per heavy atom. The summed E-state index contributed by atoms with van der Waals surface area (Å²) in [5.74, 6) is 1.62. The molecule has 1 fully saturated rings. The Kier molecular flexibility index (Phi) is 6.19. The Hall–Kier alpha value is -3.05. The van der Waals surface area contributed by atoms with Gasteiger partial charge >= 0.3 is 0 Å². The molecule has 30 heavy (non-hydrogen) atoms. The van der Waals surface area contributed by atoms with E-state index in [1.165, 1.54) is 5.39 Å². The van der Waals surface area contributed by atoms with Gasteiger partial charge in [-0.05, 0) is 55.1 Å². The fourth-order valence-electron chi connectivity index (χ4n) is 3.73. The van der Waals surface area contributed by atoms with E-state index in [0.717, 1.165) is 48.6 Å². The van der Waals surface area contributed by atoms with Crippen LogP contribution in [0, 0.1) is 0 Å². The number of piperazine rings is 1. The number of likely N-dealkylation sites (N-methyl/N-ethyl adjacent to an activating group) is 1. The molecule has 0 bridgehead atoms. The lowest BCUT2D eigenvalue weighted by molar-refractivity contribution is 0.0664. The van der Waals surface area contributed by atoms with Crippen LogP contribution in [-0.4, -0.2) is 55.5 Å². The highest BCUT2D eigenvalue weighted by atomic mass is 16.5. The van der Waals surface area contributed by atoms with Gasteiger partial charge < -0.3 is 19.3 Å². The number of rotatable bonds is 6. The zero-order valence-electron chi connectivity index (χ0n) is 17.6. The van der Waals surface area contributed by atoms with Gasteiger partial charge in [0.25, 0.3) is 5.91 Å². The number of hydrogen-bond acceptors (Lipinski definition) is 4. The van der Waals surface area contributed by atoms with Gasteiger partial charge in [-0.3, -0.25) is 4.79 Å². The molecule has 0 aliphatic carbocycles. The van der Waals surface area contributed by atoms with E-state index >= 15 is 0 Å². The van der Waals surface area contributed by atoms with Crippen LogP contribution in [0.1, 0.15) is 22.8 Å². The average Bonchev–Trinajstić information content (AvgIpc) is 2.78. The third kappa shape index (κ3) is 4.57. The first kappa shape index (κ1) is 20.2. The van der Waals surface area contributed by atoms with Crippen molar-refractivity contribution in [2.45, 2.75) is 13.5 Å². The van der Waals surface area contributed by atoms with Crippen LogP contribution in [0.4, 0.5) is 0 Å². The normalized spacial score (nSPS) is 14.7. The van der Waals surface area contributed by atoms with E-state index in [1.54, 1.807) is 0 Å². The lowest BCUT2D eigenvalue weighted by atomic mass is 10.1. The van der Waals surface area contributed by atoms with Gasteiger partial charge in [-0.2, -0.15) is 0 Å². The summed E-state index contributed by atoms with van der Waals surface area (Å²) < 4.78 is 11.8.